The van der Waals surface area contributed by atoms with Crippen molar-refractivity contribution in [1.29, 1.82) is 0 Å². The topological polar surface area (TPSA) is 70.9 Å². The molecule has 2 heterocycles. The van der Waals surface area contributed by atoms with Gasteiger partial charge in [-0.05, 0) is 18.3 Å². The predicted octanol–water partition coefficient (Wildman–Crippen LogP) is 1.00. The minimum Gasteiger partial charge on any atom is -0.315 e. The molecule has 1 atom stereocenters. The average Bonchev–Trinajstić information content (AvgIpc) is 2.87. The highest BCUT2D eigenvalue weighted by atomic mass is 16.5. The van der Waals surface area contributed by atoms with Crippen molar-refractivity contribution in [2.75, 3.05) is 13.1 Å². The second-order valence-corrected chi connectivity index (χ2v) is 5.09. The van der Waals surface area contributed by atoms with Crippen LogP contribution in [-0.4, -0.2) is 23.2 Å². The Hall–Kier alpha value is -1.10. The summed E-state index contributed by atoms with van der Waals surface area (Å²) in [5.41, 5.74) is 0.304. The lowest BCUT2D eigenvalue weighted by molar-refractivity contribution is 0.182. The largest absolute Gasteiger partial charge is 0.438 e. The van der Waals surface area contributed by atoms with Gasteiger partial charge >= 0.3 is 5.76 Å². The first kappa shape index (κ1) is 10.1. The van der Waals surface area contributed by atoms with Crippen molar-refractivity contribution in [3.63, 3.8) is 0 Å². The van der Waals surface area contributed by atoms with Crippen molar-refractivity contribution in [2.45, 2.75) is 38.0 Å². The van der Waals surface area contributed by atoms with Crippen LogP contribution in [0, 0.1) is 5.41 Å². The summed E-state index contributed by atoms with van der Waals surface area (Å²) in [6.45, 7) is 1.95. The molecule has 0 aromatic carbocycles. The van der Waals surface area contributed by atoms with Crippen molar-refractivity contribution in [3.05, 3.63) is 16.4 Å². The second kappa shape index (κ2) is 3.73. The molecular formula is C11H17N3O2. The van der Waals surface area contributed by atoms with E-state index < -0.39 is 5.76 Å². The number of H-pyrrole nitrogens is 1. The Kier molecular flexibility index (Phi) is 2.35. The summed E-state index contributed by atoms with van der Waals surface area (Å²) in [6.07, 6.45) is 6.39. The van der Waals surface area contributed by atoms with Gasteiger partial charge in [-0.15, -0.1) is 0 Å². The Balaban J connectivity index is 1.91. The Morgan fingerprint density at radius 3 is 2.81 bits per heavy atom. The Labute approximate surface area is 93.6 Å². The number of aromatic amines is 1. The first-order valence-electron chi connectivity index (χ1n) is 6.07. The van der Waals surface area contributed by atoms with Gasteiger partial charge in [0, 0.05) is 19.0 Å². The zero-order chi connectivity index (χ0) is 11.0. The van der Waals surface area contributed by atoms with Crippen LogP contribution in [0.25, 0.3) is 0 Å². The number of nitrogens with one attached hydrogen (secondary N) is 2. The predicted molar refractivity (Wildman–Crippen MR) is 58.3 cm³/mol. The lowest BCUT2D eigenvalue weighted by atomic mass is 9.67. The molecule has 1 saturated carbocycles. The van der Waals surface area contributed by atoms with Crippen molar-refractivity contribution in [3.8, 4) is 0 Å². The second-order valence-electron chi connectivity index (χ2n) is 5.09. The van der Waals surface area contributed by atoms with Crippen molar-refractivity contribution in [2.24, 2.45) is 5.41 Å². The molecule has 2 aliphatic rings. The van der Waals surface area contributed by atoms with Crippen LogP contribution in [0.15, 0.2) is 9.32 Å². The smallest absolute Gasteiger partial charge is 0.315 e. The molecule has 5 nitrogen and oxygen atoms in total. The lowest BCUT2D eigenvalue weighted by Gasteiger charge is -2.36. The summed E-state index contributed by atoms with van der Waals surface area (Å²) in [6, 6.07) is 0. The van der Waals surface area contributed by atoms with Gasteiger partial charge in [-0.1, -0.05) is 24.4 Å². The van der Waals surface area contributed by atoms with E-state index in [0.29, 0.717) is 11.3 Å². The number of nitrogens with zero attached hydrogens (tertiary/aromatic N) is 1. The van der Waals surface area contributed by atoms with Crippen LogP contribution in [0.5, 0.6) is 0 Å². The molecule has 2 N–H and O–H groups in total. The maximum Gasteiger partial charge on any atom is 0.438 e. The van der Waals surface area contributed by atoms with Gasteiger partial charge in [-0.3, -0.25) is 9.51 Å². The molecule has 5 heteroatoms. The van der Waals surface area contributed by atoms with E-state index in [4.69, 9.17) is 0 Å². The van der Waals surface area contributed by atoms with Crippen molar-refractivity contribution < 1.29 is 4.52 Å². The monoisotopic (exact) mass is 223 g/mol. The maximum atomic E-state index is 11.0. The van der Waals surface area contributed by atoms with E-state index >= 15 is 0 Å². The van der Waals surface area contributed by atoms with Crippen molar-refractivity contribution in [1.82, 2.24) is 15.5 Å². The van der Waals surface area contributed by atoms with Gasteiger partial charge in [0.05, 0.1) is 0 Å². The first-order valence-corrected chi connectivity index (χ1v) is 6.07. The minimum atomic E-state index is -0.437. The van der Waals surface area contributed by atoms with Crippen LogP contribution < -0.4 is 11.1 Å². The molecule has 1 aromatic heterocycles. The van der Waals surface area contributed by atoms with Gasteiger partial charge in [-0.2, -0.15) is 0 Å². The van der Waals surface area contributed by atoms with Gasteiger partial charge in [0.1, 0.15) is 0 Å². The first-order chi connectivity index (χ1) is 7.80. The Morgan fingerprint density at radius 2 is 2.12 bits per heavy atom. The molecule has 16 heavy (non-hydrogen) atoms. The molecule has 1 aliphatic carbocycles. The molecule has 1 saturated heterocycles. The zero-order valence-electron chi connectivity index (χ0n) is 9.29. The van der Waals surface area contributed by atoms with Crippen molar-refractivity contribution >= 4 is 0 Å². The molecule has 1 spiro atoms. The quantitative estimate of drug-likeness (QED) is 0.745. The number of hydrogen-bond acceptors (Lipinski definition) is 4. The van der Waals surface area contributed by atoms with E-state index in [0.717, 1.165) is 18.9 Å². The van der Waals surface area contributed by atoms with E-state index in [1.165, 1.54) is 32.1 Å². The third kappa shape index (κ3) is 1.50. The summed E-state index contributed by atoms with van der Waals surface area (Å²) >= 11 is 0. The van der Waals surface area contributed by atoms with E-state index in [9.17, 15) is 4.79 Å². The van der Waals surface area contributed by atoms with Gasteiger partial charge in [-0.25, -0.2) is 4.79 Å². The third-order valence-corrected chi connectivity index (χ3v) is 4.20. The summed E-state index contributed by atoms with van der Waals surface area (Å²) in [5, 5.41) is 7.30. The molecule has 0 radical (unpaired) electrons. The van der Waals surface area contributed by atoms with E-state index in [1.54, 1.807) is 0 Å². The molecule has 1 unspecified atom stereocenters. The maximum absolute atomic E-state index is 11.0. The fraction of sp³-hybridized carbons (Fsp3) is 0.818. The van der Waals surface area contributed by atoms with Gasteiger partial charge in [0.25, 0.3) is 0 Å². The van der Waals surface area contributed by atoms with Crippen LogP contribution in [0.3, 0.4) is 0 Å². The van der Waals surface area contributed by atoms with E-state index in [-0.39, 0.29) is 0 Å². The fourth-order valence-electron chi connectivity index (χ4n) is 3.36. The summed E-state index contributed by atoms with van der Waals surface area (Å²) in [4.78, 5) is 13.7. The highest BCUT2D eigenvalue weighted by molar-refractivity contribution is 5.10. The normalized spacial score (nSPS) is 28.6. The molecule has 0 bridgehead atoms. The molecule has 88 valence electrons. The van der Waals surface area contributed by atoms with Crippen LogP contribution >= 0.6 is 0 Å². The van der Waals surface area contributed by atoms with Crippen LogP contribution in [-0.2, 0) is 0 Å². The minimum absolute atomic E-state index is 0.304. The summed E-state index contributed by atoms with van der Waals surface area (Å²) < 4.78 is 4.62. The molecule has 3 rings (SSSR count). The van der Waals surface area contributed by atoms with Gasteiger partial charge in [0.2, 0.25) is 0 Å². The molecular weight excluding hydrogens is 206 g/mol. The highest BCUT2D eigenvalue weighted by Crippen LogP contribution is 2.48. The Bertz CT molecular complexity index is 417. The highest BCUT2D eigenvalue weighted by Gasteiger charge is 2.45. The molecule has 2 fully saturated rings. The van der Waals surface area contributed by atoms with E-state index in [1.807, 2.05) is 0 Å². The van der Waals surface area contributed by atoms with E-state index in [2.05, 4.69) is 20.0 Å². The van der Waals surface area contributed by atoms with Gasteiger partial charge < -0.3 is 5.32 Å². The standard InChI is InChI=1S/C11H17N3O2/c15-10-13-9(14-16-10)8-6-12-7-11(8)4-2-1-3-5-11/h8,12H,1-7H2,(H,13,14,15). The molecule has 1 aromatic rings. The average molecular weight is 223 g/mol. The third-order valence-electron chi connectivity index (χ3n) is 4.20. The summed E-state index contributed by atoms with van der Waals surface area (Å²) in [5.74, 6) is 0.615. The molecule has 1 aliphatic heterocycles. The fourth-order valence-corrected chi connectivity index (χ4v) is 3.36. The SMILES string of the molecule is O=c1[nH]c(C2CNCC23CCCCC3)no1. The number of aromatic nitrogens is 2. The van der Waals surface area contributed by atoms with Crippen LogP contribution in [0.4, 0.5) is 0 Å². The summed E-state index contributed by atoms with van der Waals surface area (Å²) in [7, 11) is 0. The molecule has 0 amide bonds. The number of hydrogen-bond donors (Lipinski definition) is 2. The zero-order valence-corrected chi connectivity index (χ0v) is 9.29. The Morgan fingerprint density at radius 1 is 1.31 bits per heavy atom. The van der Waals surface area contributed by atoms with Crippen LogP contribution in [0.2, 0.25) is 0 Å². The number of rotatable bonds is 1. The van der Waals surface area contributed by atoms with Crippen LogP contribution in [0.1, 0.15) is 43.8 Å². The lowest BCUT2D eigenvalue weighted by Crippen LogP contribution is -2.32. The van der Waals surface area contributed by atoms with Gasteiger partial charge in [0.15, 0.2) is 5.82 Å².